The molecule has 1 N–H and O–H groups in total. The summed E-state index contributed by atoms with van der Waals surface area (Å²) < 4.78 is 5.04. The minimum atomic E-state index is -0.780. The van der Waals surface area contributed by atoms with Crippen LogP contribution in [0.2, 0.25) is 0 Å². The van der Waals surface area contributed by atoms with E-state index in [1.807, 2.05) is 6.07 Å². The van der Waals surface area contributed by atoms with Crippen LogP contribution in [-0.4, -0.2) is 40.0 Å². The second kappa shape index (κ2) is 6.95. The Morgan fingerprint density at radius 2 is 2.35 bits per heavy atom. The lowest BCUT2D eigenvalue weighted by Crippen LogP contribution is -2.40. The highest BCUT2D eigenvalue weighted by Crippen LogP contribution is 2.26. The summed E-state index contributed by atoms with van der Waals surface area (Å²) in [6, 6.07) is 1.82. The van der Waals surface area contributed by atoms with Crippen molar-refractivity contribution in [3.8, 4) is 10.6 Å². The quantitative estimate of drug-likeness (QED) is 0.908. The lowest BCUT2D eigenvalue weighted by atomic mass is 9.93. The minimum absolute atomic E-state index is 0.0731. The van der Waals surface area contributed by atoms with E-state index in [2.05, 4.69) is 4.98 Å². The number of hydrogen-bond donors (Lipinski definition) is 1. The number of carbonyl (C=O) groups is 2. The molecule has 1 fully saturated rings. The van der Waals surface area contributed by atoms with Gasteiger partial charge >= 0.3 is 5.97 Å². The first-order valence-electron chi connectivity index (χ1n) is 7.62. The highest BCUT2D eigenvalue weighted by molar-refractivity contribution is 7.13. The van der Waals surface area contributed by atoms with Crippen LogP contribution in [0, 0.1) is 5.92 Å². The highest BCUT2D eigenvalue weighted by atomic mass is 32.1. The van der Waals surface area contributed by atoms with Crippen LogP contribution in [0.3, 0.4) is 0 Å². The van der Waals surface area contributed by atoms with Crippen molar-refractivity contribution in [1.82, 2.24) is 9.88 Å². The van der Waals surface area contributed by atoms with Crippen LogP contribution in [0.4, 0.5) is 0 Å². The maximum Gasteiger partial charge on any atom is 0.303 e. The summed E-state index contributed by atoms with van der Waals surface area (Å²) >= 11 is 1.42. The number of likely N-dealkylation sites (tertiary alicyclic amines) is 1. The predicted molar refractivity (Wildman–Crippen MR) is 85.3 cm³/mol. The molecule has 0 radical (unpaired) electrons. The van der Waals surface area contributed by atoms with Gasteiger partial charge in [0.05, 0.1) is 6.26 Å². The number of carboxylic acid groups (broad SMARTS) is 1. The molecule has 2 aromatic rings. The van der Waals surface area contributed by atoms with Crippen LogP contribution in [0.25, 0.3) is 10.6 Å². The topological polar surface area (TPSA) is 83.6 Å². The summed E-state index contributed by atoms with van der Waals surface area (Å²) in [5.41, 5.74) is 1.32. The van der Waals surface area contributed by atoms with E-state index in [0.29, 0.717) is 25.2 Å². The lowest BCUT2D eigenvalue weighted by molar-refractivity contribution is -0.137. The molecule has 23 heavy (non-hydrogen) atoms. The Kier molecular flexibility index (Phi) is 4.76. The number of furan rings is 1. The number of nitrogens with zero attached hydrogens (tertiary/aromatic N) is 2. The molecule has 1 saturated heterocycles. The fourth-order valence-corrected chi connectivity index (χ4v) is 3.65. The third kappa shape index (κ3) is 3.79. The predicted octanol–water partition coefficient (Wildman–Crippen LogP) is 3.12. The van der Waals surface area contributed by atoms with Gasteiger partial charge in [0, 0.05) is 30.5 Å². The molecule has 0 spiro atoms. The summed E-state index contributed by atoms with van der Waals surface area (Å²) in [7, 11) is 0. The number of thiazole rings is 1. The molecule has 3 heterocycles. The van der Waals surface area contributed by atoms with E-state index >= 15 is 0 Å². The number of piperidine rings is 1. The number of carbonyl (C=O) groups excluding carboxylic acids is 1. The molecule has 0 bridgehead atoms. The van der Waals surface area contributed by atoms with Gasteiger partial charge < -0.3 is 14.4 Å². The zero-order valence-corrected chi connectivity index (χ0v) is 13.4. The summed E-state index contributed by atoms with van der Waals surface area (Å²) in [6.45, 7) is 1.33. The van der Waals surface area contributed by atoms with Crippen molar-refractivity contribution in [2.24, 2.45) is 5.92 Å². The molecule has 1 amide bonds. The molecular weight excluding hydrogens is 316 g/mol. The van der Waals surface area contributed by atoms with Crippen LogP contribution in [0.1, 0.15) is 36.2 Å². The molecule has 7 heteroatoms. The Hall–Kier alpha value is -2.15. The summed E-state index contributed by atoms with van der Waals surface area (Å²) in [5, 5.41) is 11.3. The van der Waals surface area contributed by atoms with Crippen LogP contribution in [-0.2, 0) is 4.79 Å². The number of carboxylic acids is 1. The van der Waals surface area contributed by atoms with Crippen molar-refractivity contribution in [2.45, 2.75) is 25.7 Å². The van der Waals surface area contributed by atoms with E-state index in [-0.39, 0.29) is 18.2 Å². The third-order valence-electron chi connectivity index (χ3n) is 4.06. The fourth-order valence-electron chi connectivity index (χ4n) is 2.87. The van der Waals surface area contributed by atoms with Gasteiger partial charge in [0.1, 0.15) is 17.0 Å². The van der Waals surface area contributed by atoms with Gasteiger partial charge in [-0.05, 0) is 31.2 Å². The first-order valence-corrected chi connectivity index (χ1v) is 8.50. The van der Waals surface area contributed by atoms with Gasteiger partial charge in [-0.15, -0.1) is 11.3 Å². The van der Waals surface area contributed by atoms with Crippen molar-refractivity contribution in [3.05, 3.63) is 29.7 Å². The third-order valence-corrected chi connectivity index (χ3v) is 4.96. The number of aromatic nitrogens is 1. The standard InChI is InChI=1S/C16H18N2O4S/c19-14(20)4-3-11-2-1-6-18(8-11)16(21)13-10-23-15(17-13)12-5-7-22-9-12/h5,7,9-11H,1-4,6,8H2,(H,19,20)/t11-/m1/s1. The number of aliphatic carboxylic acids is 1. The molecule has 0 saturated carbocycles. The van der Waals surface area contributed by atoms with Crippen molar-refractivity contribution in [2.75, 3.05) is 13.1 Å². The molecular formula is C16H18N2O4S. The SMILES string of the molecule is O=C(O)CC[C@H]1CCCN(C(=O)c2csc(-c3ccoc3)n2)C1. The fraction of sp³-hybridized carbons (Fsp3) is 0.438. The van der Waals surface area contributed by atoms with E-state index in [9.17, 15) is 9.59 Å². The van der Waals surface area contributed by atoms with E-state index in [0.717, 1.165) is 23.4 Å². The number of hydrogen-bond acceptors (Lipinski definition) is 5. The molecule has 6 nitrogen and oxygen atoms in total. The molecule has 0 unspecified atom stereocenters. The zero-order chi connectivity index (χ0) is 16.2. The molecule has 2 aromatic heterocycles. The Bertz CT molecular complexity index is 680. The van der Waals surface area contributed by atoms with Crippen LogP contribution >= 0.6 is 11.3 Å². The molecule has 1 aliphatic heterocycles. The lowest BCUT2D eigenvalue weighted by Gasteiger charge is -2.32. The molecule has 0 aromatic carbocycles. The maximum atomic E-state index is 12.6. The normalized spacial score (nSPS) is 18.1. The van der Waals surface area contributed by atoms with E-state index in [1.165, 1.54) is 11.3 Å². The van der Waals surface area contributed by atoms with Crippen LogP contribution in [0.5, 0.6) is 0 Å². The molecule has 1 atom stereocenters. The zero-order valence-electron chi connectivity index (χ0n) is 12.6. The van der Waals surface area contributed by atoms with Crippen molar-refractivity contribution < 1.29 is 19.1 Å². The van der Waals surface area contributed by atoms with Crippen molar-refractivity contribution >= 4 is 23.2 Å². The number of rotatable bonds is 5. The van der Waals surface area contributed by atoms with Crippen LogP contribution < -0.4 is 0 Å². The average molecular weight is 334 g/mol. The average Bonchev–Trinajstić information content (AvgIpc) is 3.23. The molecule has 3 rings (SSSR count). The smallest absolute Gasteiger partial charge is 0.303 e. The second-order valence-corrected chi connectivity index (χ2v) is 6.60. The van der Waals surface area contributed by atoms with Crippen LogP contribution in [0.15, 0.2) is 28.4 Å². The minimum Gasteiger partial charge on any atom is -0.481 e. The van der Waals surface area contributed by atoms with E-state index in [1.54, 1.807) is 22.8 Å². The monoisotopic (exact) mass is 334 g/mol. The Balaban J connectivity index is 1.64. The van der Waals surface area contributed by atoms with Gasteiger partial charge in [0.25, 0.3) is 5.91 Å². The first kappa shape index (κ1) is 15.7. The summed E-state index contributed by atoms with van der Waals surface area (Å²) in [4.78, 5) is 29.5. The molecule has 122 valence electrons. The van der Waals surface area contributed by atoms with Crippen molar-refractivity contribution in [3.63, 3.8) is 0 Å². The Morgan fingerprint density at radius 3 is 3.09 bits per heavy atom. The van der Waals surface area contributed by atoms with E-state index < -0.39 is 5.97 Å². The Labute approximate surface area is 137 Å². The van der Waals surface area contributed by atoms with Gasteiger partial charge in [0.15, 0.2) is 0 Å². The summed E-state index contributed by atoms with van der Waals surface area (Å²) in [6.07, 6.45) is 5.86. The highest BCUT2D eigenvalue weighted by Gasteiger charge is 2.26. The first-order chi connectivity index (χ1) is 11.1. The largest absolute Gasteiger partial charge is 0.481 e. The van der Waals surface area contributed by atoms with Gasteiger partial charge in [-0.25, -0.2) is 4.98 Å². The van der Waals surface area contributed by atoms with E-state index in [4.69, 9.17) is 9.52 Å². The van der Waals surface area contributed by atoms with Crippen molar-refractivity contribution in [1.29, 1.82) is 0 Å². The van der Waals surface area contributed by atoms with Gasteiger partial charge in [-0.2, -0.15) is 0 Å². The molecule has 1 aliphatic rings. The van der Waals surface area contributed by atoms with Gasteiger partial charge in [-0.3, -0.25) is 9.59 Å². The Morgan fingerprint density at radius 1 is 1.48 bits per heavy atom. The van der Waals surface area contributed by atoms with Gasteiger partial charge in [-0.1, -0.05) is 0 Å². The maximum absolute atomic E-state index is 12.6. The van der Waals surface area contributed by atoms with Gasteiger partial charge in [0.2, 0.25) is 0 Å². The summed E-state index contributed by atoms with van der Waals surface area (Å²) in [5.74, 6) is -0.593. The number of amides is 1. The molecule has 0 aliphatic carbocycles. The second-order valence-electron chi connectivity index (χ2n) is 5.74.